The van der Waals surface area contributed by atoms with Gasteiger partial charge >= 0.3 is 0 Å². The summed E-state index contributed by atoms with van der Waals surface area (Å²) in [6.45, 7) is 5.86. The van der Waals surface area contributed by atoms with Crippen LogP contribution in [0.1, 0.15) is 13.8 Å². The normalized spacial score (nSPS) is 34.0. The molecular formula is C7H14N2O. The summed E-state index contributed by atoms with van der Waals surface area (Å²) in [4.78, 5) is 12.2. The molecule has 0 aromatic heterocycles. The van der Waals surface area contributed by atoms with E-state index in [1.54, 1.807) is 0 Å². The molecule has 2 atom stereocenters. The molecule has 0 radical (unpaired) electrons. The highest BCUT2D eigenvalue weighted by Crippen LogP contribution is 2.00. The van der Waals surface area contributed by atoms with Crippen LogP contribution in [0.3, 0.4) is 0 Å². The van der Waals surface area contributed by atoms with Gasteiger partial charge in [0.15, 0.2) is 0 Å². The summed E-state index contributed by atoms with van der Waals surface area (Å²) in [7, 11) is 0. The van der Waals surface area contributed by atoms with Gasteiger partial charge in [-0.25, -0.2) is 0 Å². The zero-order chi connectivity index (χ0) is 7.56. The van der Waals surface area contributed by atoms with Gasteiger partial charge in [-0.2, -0.15) is 0 Å². The van der Waals surface area contributed by atoms with Gasteiger partial charge in [-0.3, -0.25) is 4.79 Å². The lowest BCUT2D eigenvalue weighted by Crippen LogP contribution is -2.53. The minimum absolute atomic E-state index is 0.439. The third kappa shape index (κ3) is 1.70. The van der Waals surface area contributed by atoms with Gasteiger partial charge < -0.3 is 10.2 Å². The van der Waals surface area contributed by atoms with E-state index in [1.807, 2.05) is 4.90 Å². The molecule has 1 N–H and O–H groups in total. The van der Waals surface area contributed by atoms with Crippen molar-refractivity contribution in [2.75, 3.05) is 13.1 Å². The molecule has 1 aliphatic heterocycles. The van der Waals surface area contributed by atoms with Crippen molar-refractivity contribution in [3.05, 3.63) is 0 Å². The number of hydrogen-bond donors (Lipinski definition) is 1. The van der Waals surface area contributed by atoms with Crippen LogP contribution >= 0.6 is 0 Å². The van der Waals surface area contributed by atoms with Crippen LogP contribution < -0.4 is 5.32 Å². The average molecular weight is 142 g/mol. The second-order valence-electron chi connectivity index (χ2n) is 3.03. The monoisotopic (exact) mass is 142 g/mol. The molecule has 2 unspecified atom stereocenters. The van der Waals surface area contributed by atoms with Gasteiger partial charge in [0.2, 0.25) is 6.41 Å². The van der Waals surface area contributed by atoms with Gasteiger partial charge in [0.1, 0.15) is 0 Å². The Labute approximate surface area is 61.4 Å². The van der Waals surface area contributed by atoms with Crippen molar-refractivity contribution in [1.82, 2.24) is 10.2 Å². The summed E-state index contributed by atoms with van der Waals surface area (Å²) >= 11 is 0. The summed E-state index contributed by atoms with van der Waals surface area (Å²) in [6.07, 6.45) is 0.924. The van der Waals surface area contributed by atoms with E-state index in [1.165, 1.54) is 0 Å². The van der Waals surface area contributed by atoms with Crippen molar-refractivity contribution < 1.29 is 4.79 Å². The van der Waals surface area contributed by atoms with Crippen molar-refractivity contribution in [2.45, 2.75) is 25.9 Å². The number of amides is 1. The highest BCUT2D eigenvalue weighted by molar-refractivity contribution is 5.47. The second kappa shape index (κ2) is 3.01. The Morgan fingerprint density at radius 2 is 1.90 bits per heavy atom. The van der Waals surface area contributed by atoms with Gasteiger partial charge in [-0.1, -0.05) is 0 Å². The van der Waals surface area contributed by atoms with Crippen LogP contribution in [0.5, 0.6) is 0 Å². The van der Waals surface area contributed by atoms with Crippen molar-refractivity contribution in [2.24, 2.45) is 0 Å². The second-order valence-corrected chi connectivity index (χ2v) is 3.03. The first-order chi connectivity index (χ1) is 4.72. The minimum atomic E-state index is 0.439. The molecular weight excluding hydrogens is 128 g/mol. The number of rotatable bonds is 1. The van der Waals surface area contributed by atoms with Crippen molar-refractivity contribution in [3.8, 4) is 0 Å². The van der Waals surface area contributed by atoms with E-state index in [2.05, 4.69) is 19.2 Å². The highest BCUT2D eigenvalue weighted by Gasteiger charge is 2.18. The van der Waals surface area contributed by atoms with Crippen molar-refractivity contribution in [1.29, 1.82) is 0 Å². The molecule has 0 bridgehead atoms. The summed E-state index contributed by atoms with van der Waals surface area (Å²) in [6, 6.07) is 0.878. The Bertz CT molecular complexity index is 117. The lowest BCUT2D eigenvalue weighted by molar-refractivity contribution is -0.119. The Morgan fingerprint density at radius 1 is 1.40 bits per heavy atom. The van der Waals surface area contributed by atoms with Crippen LogP contribution in [0.15, 0.2) is 0 Å². The van der Waals surface area contributed by atoms with Gasteiger partial charge in [0.05, 0.1) is 0 Å². The zero-order valence-electron chi connectivity index (χ0n) is 6.50. The van der Waals surface area contributed by atoms with Gasteiger partial charge in [0, 0.05) is 25.2 Å². The molecule has 3 heteroatoms. The molecule has 58 valence electrons. The quantitative estimate of drug-likeness (QED) is 0.515. The van der Waals surface area contributed by atoms with E-state index in [4.69, 9.17) is 0 Å². The van der Waals surface area contributed by atoms with E-state index in [0.717, 1.165) is 19.5 Å². The van der Waals surface area contributed by atoms with E-state index in [9.17, 15) is 4.79 Å². The minimum Gasteiger partial charge on any atom is -0.342 e. The van der Waals surface area contributed by atoms with Gasteiger partial charge in [0.25, 0.3) is 0 Å². The molecule has 0 aromatic carbocycles. The number of nitrogens with one attached hydrogen (secondary N) is 1. The molecule has 1 saturated heterocycles. The maximum atomic E-state index is 10.3. The molecule has 0 aliphatic carbocycles. The van der Waals surface area contributed by atoms with E-state index < -0.39 is 0 Å². The molecule has 1 amide bonds. The predicted molar refractivity (Wildman–Crippen MR) is 39.7 cm³/mol. The maximum absolute atomic E-state index is 10.3. The predicted octanol–water partition coefficient (Wildman–Crippen LogP) is -0.175. The lowest BCUT2D eigenvalue weighted by atomic mass is 10.2. The van der Waals surface area contributed by atoms with Crippen molar-refractivity contribution >= 4 is 6.41 Å². The fraction of sp³-hybridized carbons (Fsp3) is 0.857. The Hall–Kier alpha value is -0.570. The topological polar surface area (TPSA) is 32.3 Å². The standard InChI is InChI=1S/C7H14N2O/c1-6-3-9(5-10)4-7(2)8-6/h5-8H,3-4H2,1-2H3. The molecule has 3 nitrogen and oxygen atoms in total. The lowest BCUT2D eigenvalue weighted by Gasteiger charge is -2.33. The number of piperazine rings is 1. The third-order valence-electron chi connectivity index (χ3n) is 1.73. The van der Waals surface area contributed by atoms with Crippen LogP contribution in [0.25, 0.3) is 0 Å². The highest BCUT2D eigenvalue weighted by atomic mass is 16.1. The van der Waals surface area contributed by atoms with E-state index in [0.29, 0.717) is 12.1 Å². The fourth-order valence-electron chi connectivity index (χ4n) is 1.46. The van der Waals surface area contributed by atoms with E-state index in [-0.39, 0.29) is 0 Å². The maximum Gasteiger partial charge on any atom is 0.209 e. The number of hydrogen-bond acceptors (Lipinski definition) is 2. The first-order valence-corrected chi connectivity index (χ1v) is 3.67. The summed E-state index contributed by atoms with van der Waals surface area (Å²) < 4.78 is 0. The Kier molecular flexibility index (Phi) is 2.27. The summed E-state index contributed by atoms with van der Waals surface area (Å²) in [5, 5.41) is 3.34. The van der Waals surface area contributed by atoms with Crippen LogP contribution in [0.2, 0.25) is 0 Å². The molecule has 0 saturated carbocycles. The molecule has 1 heterocycles. The molecule has 1 rings (SSSR count). The Balaban J connectivity index is 2.42. The molecule has 1 fully saturated rings. The number of nitrogens with zero attached hydrogens (tertiary/aromatic N) is 1. The van der Waals surface area contributed by atoms with Crippen LogP contribution in [-0.4, -0.2) is 36.5 Å². The first kappa shape index (κ1) is 7.54. The van der Waals surface area contributed by atoms with Crippen molar-refractivity contribution in [3.63, 3.8) is 0 Å². The largest absolute Gasteiger partial charge is 0.342 e. The summed E-state index contributed by atoms with van der Waals surface area (Å²) in [5.74, 6) is 0. The molecule has 10 heavy (non-hydrogen) atoms. The smallest absolute Gasteiger partial charge is 0.209 e. The average Bonchev–Trinajstić information content (AvgIpc) is 1.85. The van der Waals surface area contributed by atoms with Crippen LogP contribution in [-0.2, 0) is 4.79 Å². The van der Waals surface area contributed by atoms with Gasteiger partial charge in [-0.05, 0) is 13.8 Å². The van der Waals surface area contributed by atoms with Crippen LogP contribution in [0, 0.1) is 0 Å². The number of carbonyl (C=O) groups excluding carboxylic acids is 1. The van der Waals surface area contributed by atoms with Gasteiger partial charge in [-0.15, -0.1) is 0 Å². The SMILES string of the molecule is CC1CN(C=O)CC(C)N1. The first-order valence-electron chi connectivity index (χ1n) is 3.67. The summed E-state index contributed by atoms with van der Waals surface area (Å²) in [5.41, 5.74) is 0. The third-order valence-corrected chi connectivity index (χ3v) is 1.73. The molecule has 0 spiro atoms. The zero-order valence-corrected chi connectivity index (χ0v) is 6.50. The van der Waals surface area contributed by atoms with Crippen LogP contribution in [0.4, 0.5) is 0 Å². The fourth-order valence-corrected chi connectivity index (χ4v) is 1.46. The molecule has 1 aliphatic rings. The number of carbonyl (C=O) groups is 1. The molecule has 0 aromatic rings. The van der Waals surface area contributed by atoms with E-state index >= 15 is 0 Å². The Morgan fingerprint density at radius 3 is 2.30 bits per heavy atom.